The van der Waals surface area contributed by atoms with E-state index in [1.54, 1.807) is 31.3 Å². The molecule has 0 saturated heterocycles. The predicted molar refractivity (Wildman–Crippen MR) is 81.1 cm³/mol. The number of nitriles is 1. The zero-order valence-electron chi connectivity index (χ0n) is 11.4. The third-order valence-corrected chi connectivity index (χ3v) is 3.02. The second kappa shape index (κ2) is 6.73. The van der Waals surface area contributed by atoms with E-state index in [-0.39, 0.29) is 11.1 Å². The molecule has 2 aromatic rings. The van der Waals surface area contributed by atoms with Crippen molar-refractivity contribution in [2.24, 2.45) is 0 Å². The van der Waals surface area contributed by atoms with Gasteiger partial charge in [-0.15, -0.1) is 0 Å². The van der Waals surface area contributed by atoms with E-state index in [9.17, 15) is 4.79 Å². The molecule has 5 nitrogen and oxygen atoms in total. The highest BCUT2D eigenvalue weighted by molar-refractivity contribution is 6.29. The van der Waals surface area contributed by atoms with Crippen molar-refractivity contribution < 1.29 is 4.79 Å². The number of amides is 1. The summed E-state index contributed by atoms with van der Waals surface area (Å²) >= 11 is 5.86. The lowest BCUT2D eigenvalue weighted by Crippen LogP contribution is -2.23. The molecule has 2 N–H and O–H groups in total. The van der Waals surface area contributed by atoms with Gasteiger partial charge in [-0.3, -0.25) is 4.79 Å². The number of hydrogen-bond donors (Lipinski definition) is 2. The lowest BCUT2D eigenvalue weighted by molar-refractivity contribution is 0.0951. The standard InChI is InChI=1S/C15H13ClN4O/c1-18-14-7-12(6-13(16)20-14)15(21)19-9-11-4-2-3-10(5-11)8-17/h2-7H,9H2,1H3,(H,18,20)(H,19,21). The number of benzene rings is 1. The van der Waals surface area contributed by atoms with Crippen LogP contribution >= 0.6 is 11.6 Å². The summed E-state index contributed by atoms with van der Waals surface area (Å²) in [5, 5.41) is 14.7. The van der Waals surface area contributed by atoms with Gasteiger partial charge < -0.3 is 10.6 Å². The molecule has 0 fully saturated rings. The first kappa shape index (κ1) is 14.8. The van der Waals surface area contributed by atoms with Crippen molar-refractivity contribution in [2.75, 3.05) is 12.4 Å². The minimum atomic E-state index is -0.252. The van der Waals surface area contributed by atoms with Crippen LogP contribution in [0.2, 0.25) is 5.15 Å². The van der Waals surface area contributed by atoms with E-state index in [4.69, 9.17) is 16.9 Å². The number of nitrogens with zero attached hydrogens (tertiary/aromatic N) is 2. The highest BCUT2D eigenvalue weighted by atomic mass is 35.5. The van der Waals surface area contributed by atoms with Crippen molar-refractivity contribution in [3.8, 4) is 6.07 Å². The summed E-state index contributed by atoms with van der Waals surface area (Å²) in [5.41, 5.74) is 1.85. The summed E-state index contributed by atoms with van der Waals surface area (Å²) in [4.78, 5) is 16.1. The summed E-state index contributed by atoms with van der Waals surface area (Å²) < 4.78 is 0. The van der Waals surface area contributed by atoms with Gasteiger partial charge in [-0.1, -0.05) is 23.7 Å². The number of anilines is 1. The molecule has 0 spiro atoms. The summed E-state index contributed by atoms with van der Waals surface area (Å²) in [7, 11) is 1.70. The Morgan fingerprint density at radius 3 is 2.90 bits per heavy atom. The molecule has 0 atom stereocenters. The van der Waals surface area contributed by atoms with Crippen LogP contribution < -0.4 is 10.6 Å². The van der Waals surface area contributed by atoms with Crippen LogP contribution in [-0.2, 0) is 6.54 Å². The number of pyridine rings is 1. The molecular weight excluding hydrogens is 288 g/mol. The van der Waals surface area contributed by atoms with Crippen LogP contribution in [-0.4, -0.2) is 17.9 Å². The molecule has 2 rings (SSSR count). The number of rotatable bonds is 4. The maximum absolute atomic E-state index is 12.1. The van der Waals surface area contributed by atoms with Crippen molar-refractivity contribution in [3.05, 3.63) is 58.2 Å². The Balaban J connectivity index is 2.08. The molecule has 0 saturated carbocycles. The molecule has 0 aliphatic carbocycles. The van der Waals surface area contributed by atoms with Gasteiger partial charge in [0.05, 0.1) is 11.6 Å². The molecular formula is C15H13ClN4O. The van der Waals surface area contributed by atoms with Crippen LogP contribution in [0.3, 0.4) is 0 Å². The molecule has 1 aromatic heterocycles. The Morgan fingerprint density at radius 2 is 2.19 bits per heavy atom. The van der Waals surface area contributed by atoms with Crippen molar-refractivity contribution in [3.63, 3.8) is 0 Å². The van der Waals surface area contributed by atoms with Crippen molar-refractivity contribution in [1.82, 2.24) is 10.3 Å². The third-order valence-electron chi connectivity index (χ3n) is 2.82. The van der Waals surface area contributed by atoms with E-state index < -0.39 is 0 Å². The zero-order valence-corrected chi connectivity index (χ0v) is 12.1. The lowest BCUT2D eigenvalue weighted by Gasteiger charge is -2.07. The first-order chi connectivity index (χ1) is 10.1. The second-order valence-corrected chi connectivity index (χ2v) is 4.70. The average Bonchev–Trinajstić information content (AvgIpc) is 2.52. The Morgan fingerprint density at radius 1 is 1.38 bits per heavy atom. The summed E-state index contributed by atoms with van der Waals surface area (Å²) in [6.07, 6.45) is 0. The minimum absolute atomic E-state index is 0.249. The topological polar surface area (TPSA) is 77.8 Å². The van der Waals surface area contributed by atoms with Crippen LogP contribution in [0.25, 0.3) is 0 Å². The van der Waals surface area contributed by atoms with Gasteiger partial charge >= 0.3 is 0 Å². The van der Waals surface area contributed by atoms with Gasteiger partial charge in [0.25, 0.3) is 5.91 Å². The fourth-order valence-electron chi connectivity index (χ4n) is 1.79. The molecule has 1 aromatic carbocycles. The van der Waals surface area contributed by atoms with E-state index in [0.29, 0.717) is 23.5 Å². The Hall–Kier alpha value is -2.58. The van der Waals surface area contributed by atoms with Gasteiger partial charge in [0, 0.05) is 19.2 Å². The molecule has 106 valence electrons. The van der Waals surface area contributed by atoms with Crippen LogP contribution in [0, 0.1) is 11.3 Å². The largest absolute Gasteiger partial charge is 0.373 e. The van der Waals surface area contributed by atoms with E-state index in [2.05, 4.69) is 21.7 Å². The Labute approximate surface area is 127 Å². The second-order valence-electron chi connectivity index (χ2n) is 4.31. The number of halogens is 1. The molecule has 0 aliphatic heterocycles. The molecule has 0 bridgehead atoms. The van der Waals surface area contributed by atoms with Crippen LogP contribution in [0.1, 0.15) is 21.5 Å². The van der Waals surface area contributed by atoms with Gasteiger partial charge in [0.15, 0.2) is 0 Å². The third kappa shape index (κ3) is 3.94. The van der Waals surface area contributed by atoms with E-state index in [1.165, 1.54) is 6.07 Å². The number of hydrogen-bond acceptors (Lipinski definition) is 4. The number of aromatic nitrogens is 1. The maximum Gasteiger partial charge on any atom is 0.251 e. The van der Waals surface area contributed by atoms with E-state index in [1.807, 2.05) is 6.07 Å². The maximum atomic E-state index is 12.1. The first-order valence-electron chi connectivity index (χ1n) is 6.25. The molecule has 0 aliphatic rings. The molecule has 1 amide bonds. The highest BCUT2D eigenvalue weighted by Gasteiger charge is 2.09. The first-order valence-corrected chi connectivity index (χ1v) is 6.63. The average molecular weight is 301 g/mol. The normalized spacial score (nSPS) is 9.76. The van der Waals surface area contributed by atoms with E-state index >= 15 is 0 Å². The Kier molecular flexibility index (Phi) is 4.75. The summed E-state index contributed by atoms with van der Waals surface area (Å²) in [6.45, 7) is 0.336. The van der Waals surface area contributed by atoms with Crippen LogP contribution in [0.5, 0.6) is 0 Å². The van der Waals surface area contributed by atoms with Gasteiger partial charge in [-0.25, -0.2) is 4.98 Å². The zero-order chi connectivity index (χ0) is 15.2. The molecule has 0 radical (unpaired) electrons. The van der Waals surface area contributed by atoms with Gasteiger partial charge in [0.2, 0.25) is 0 Å². The SMILES string of the molecule is CNc1cc(C(=O)NCc2cccc(C#N)c2)cc(Cl)n1. The van der Waals surface area contributed by atoms with Gasteiger partial charge in [0.1, 0.15) is 11.0 Å². The monoisotopic (exact) mass is 300 g/mol. The van der Waals surface area contributed by atoms with Gasteiger partial charge in [-0.2, -0.15) is 5.26 Å². The molecule has 0 unspecified atom stereocenters. The summed E-state index contributed by atoms with van der Waals surface area (Å²) in [5.74, 6) is 0.275. The molecule has 6 heteroatoms. The summed E-state index contributed by atoms with van der Waals surface area (Å²) in [6, 6.07) is 12.3. The smallest absolute Gasteiger partial charge is 0.251 e. The fraction of sp³-hybridized carbons (Fsp3) is 0.133. The quantitative estimate of drug-likeness (QED) is 0.851. The van der Waals surface area contributed by atoms with Crippen molar-refractivity contribution >= 4 is 23.3 Å². The fourth-order valence-corrected chi connectivity index (χ4v) is 2.00. The minimum Gasteiger partial charge on any atom is -0.373 e. The van der Waals surface area contributed by atoms with Gasteiger partial charge in [-0.05, 0) is 29.8 Å². The molecule has 1 heterocycles. The van der Waals surface area contributed by atoms with Crippen molar-refractivity contribution in [2.45, 2.75) is 6.54 Å². The number of carbonyl (C=O) groups excluding carboxylic acids is 1. The number of carbonyl (C=O) groups is 1. The predicted octanol–water partition coefficient (Wildman–Crippen LogP) is 2.58. The Bertz CT molecular complexity index is 709. The van der Waals surface area contributed by atoms with Crippen LogP contribution in [0.4, 0.5) is 5.82 Å². The lowest BCUT2D eigenvalue weighted by atomic mass is 10.1. The number of nitrogens with one attached hydrogen (secondary N) is 2. The van der Waals surface area contributed by atoms with Crippen molar-refractivity contribution in [1.29, 1.82) is 5.26 Å². The molecule has 21 heavy (non-hydrogen) atoms. The van der Waals surface area contributed by atoms with E-state index in [0.717, 1.165) is 5.56 Å². The highest BCUT2D eigenvalue weighted by Crippen LogP contribution is 2.14. The van der Waals surface area contributed by atoms with Crippen LogP contribution in [0.15, 0.2) is 36.4 Å².